The zero-order chi connectivity index (χ0) is 21.2. The standard InChI is InChI=1S/C25H26O2.C2H6/c1-4-19(11-10-18(3)26)14-20-15-23-12-13-27-25(23)24(16-20)17-22-9-7-6-8-21(22)5-2;1-2/h4,6-13,15-16H,5,14,17H2,1-3H3;1-2H3/b11-10-,19-4-;. The molecule has 0 saturated heterocycles. The van der Waals surface area contributed by atoms with Gasteiger partial charge in [0.15, 0.2) is 5.78 Å². The van der Waals surface area contributed by atoms with Crippen LogP contribution < -0.4 is 0 Å². The van der Waals surface area contributed by atoms with E-state index < -0.39 is 0 Å². The second kappa shape index (κ2) is 11.2. The molecule has 0 aliphatic heterocycles. The second-order valence-corrected chi connectivity index (χ2v) is 6.88. The van der Waals surface area contributed by atoms with Crippen LogP contribution in [-0.4, -0.2) is 5.78 Å². The number of ketones is 1. The third kappa shape index (κ3) is 6.05. The normalized spacial score (nSPS) is 11.6. The Hall–Kier alpha value is -2.87. The number of carbonyl (C=O) groups is 1. The molecule has 1 aromatic heterocycles. The minimum Gasteiger partial charge on any atom is -0.464 e. The maximum Gasteiger partial charge on any atom is 0.152 e. The summed E-state index contributed by atoms with van der Waals surface area (Å²) in [5.74, 6) is 0.0662. The average Bonchev–Trinajstić information content (AvgIpc) is 3.22. The molecule has 0 bridgehead atoms. The number of fused-ring (bicyclic) bond motifs is 1. The molecule has 0 unspecified atom stereocenters. The third-order valence-corrected chi connectivity index (χ3v) is 4.88. The summed E-state index contributed by atoms with van der Waals surface area (Å²) in [6.45, 7) is 9.77. The highest BCUT2D eigenvalue weighted by molar-refractivity contribution is 5.87. The van der Waals surface area contributed by atoms with Crippen LogP contribution in [0.5, 0.6) is 0 Å². The Bertz CT molecular complexity index is 1000. The fraction of sp³-hybridized carbons (Fsp3) is 0.296. The zero-order valence-corrected chi connectivity index (χ0v) is 18.3. The molecular formula is C27H32O2. The predicted octanol–water partition coefficient (Wildman–Crippen LogP) is 7.25. The molecule has 3 rings (SSSR count). The van der Waals surface area contributed by atoms with E-state index in [0.29, 0.717) is 0 Å². The summed E-state index contributed by atoms with van der Waals surface area (Å²) in [5.41, 5.74) is 7.26. The fourth-order valence-electron chi connectivity index (χ4n) is 3.46. The van der Waals surface area contributed by atoms with Gasteiger partial charge in [0.1, 0.15) is 5.58 Å². The molecular weight excluding hydrogens is 356 g/mol. The lowest BCUT2D eigenvalue weighted by Crippen LogP contribution is -1.97. The molecule has 29 heavy (non-hydrogen) atoms. The van der Waals surface area contributed by atoms with Gasteiger partial charge in [0, 0.05) is 17.4 Å². The first-order chi connectivity index (χ1) is 14.1. The lowest BCUT2D eigenvalue weighted by atomic mass is 9.94. The molecule has 0 aliphatic carbocycles. The summed E-state index contributed by atoms with van der Waals surface area (Å²) < 4.78 is 5.79. The smallest absolute Gasteiger partial charge is 0.152 e. The van der Waals surface area contributed by atoms with E-state index in [4.69, 9.17) is 4.42 Å². The molecule has 0 fully saturated rings. The highest BCUT2D eigenvalue weighted by Crippen LogP contribution is 2.27. The quantitative estimate of drug-likeness (QED) is 0.315. The Labute approximate surface area is 174 Å². The van der Waals surface area contributed by atoms with E-state index in [1.165, 1.54) is 22.3 Å². The Morgan fingerprint density at radius 2 is 1.72 bits per heavy atom. The van der Waals surface area contributed by atoms with Gasteiger partial charge in [-0.15, -0.1) is 0 Å². The molecule has 0 saturated carbocycles. The molecule has 0 spiro atoms. The van der Waals surface area contributed by atoms with E-state index in [2.05, 4.69) is 49.4 Å². The molecule has 2 nitrogen and oxygen atoms in total. The van der Waals surface area contributed by atoms with Crippen molar-refractivity contribution in [3.63, 3.8) is 0 Å². The van der Waals surface area contributed by atoms with Crippen molar-refractivity contribution in [1.29, 1.82) is 0 Å². The van der Waals surface area contributed by atoms with E-state index in [1.807, 2.05) is 32.9 Å². The SMILES string of the molecule is C/C=C(/C=C\C(C)=O)Cc1cc(Cc2ccccc2CC)c2occc2c1.CC. The molecule has 0 amide bonds. The lowest BCUT2D eigenvalue weighted by molar-refractivity contribution is -0.112. The Kier molecular flexibility index (Phi) is 8.67. The highest BCUT2D eigenvalue weighted by atomic mass is 16.3. The minimum absolute atomic E-state index is 0.0662. The summed E-state index contributed by atoms with van der Waals surface area (Å²) in [6, 6.07) is 15.0. The minimum atomic E-state index is 0.0662. The van der Waals surface area contributed by atoms with E-state index in [-0.39, 0.29) is 5.78 Å². The van der Waals surface area contributed by atoms with Crippen LogP contribution in [-0.2, 0) is 24.1 Å². The van der Waals surface area contributed by atoms with Gasteiger partial charge in [-0.3, -0.25) is 4.79 Å². The molecule has 0 aliphatic rings. The zero-order valence-electron chi connectivity index (χ0n) is 18.3. The number of furan rings is 1. The molecule has 2 heteroatoms. The van der Waals surface area contributed by atoms with E-state index in [9.17, 15) is 4.79 Å². The maximum atomic E-state index is 11.2. The van der Waals surface area contributed by atoms with Gasteiger partial charge in [0.05, 0.1) is 6.26 Å². The lowest BCUT2D eigenvalue weighted by Gasteiger charge is -2.11. The number of allylic oxidation sites excluding steroid dienone is 4. The number of rotatable bonds is 7. The number of aryl methyl sites for hydroxylation is 1. The Morgan fingerprint density at radius 3 is 2.38 bits per heavy atom. The van der Waals surface area contributed by atoms with E-state index in [1.54, 1.807) is 19.3 Å². The van der Waals surface area contributed by atoms with Gasteiger partial charge in [0.25, 0.3) is 0 Å². The van der Waals surface area contributed by atoms with E-state index >= 15 is 0 Å². The van der Waals surface area contributed by atoms with Crippen molar-refractivity contribution in [2.75, 3.05) is 0 Å². The van der Waals surface area contributed by atoms with Crippen molar-refractivity contribution in [1.82, 2.24) is 0 Å². The second-order valence-electron chi connectivity index (χ2n) is 6.88. The van der Waals surface area contributed by atoms with Crippen LogP contribution >= 0.6 is 0 Å². The van der Waals surface area contributed by atoms with Crippen molar-refractivity contribution in [2.24, 2.45) is 0 Å². The highest BCUT2D eigenvalue weighted by Gasteiger charge is 2.11. The summed E-state index contributed by atoms with van der Waals surface area (Å²) in [7, 11) is 0. The summed E-state index contributed by atoms with van der Waals surface area (Å²) in [5, 5.41) is 1.13. The summed E-state index contributed by atoms with van der Waals surface area (Å²) in [4.78, 5) is 11.2. The molecule has 2 aromatic carbocycles. The monoisotopic (exact) mass is 388 g/mol. The third-order valence-electron chi connectivity index (χ3n) is 4.88. The van der Waals surface area contributed by atoms with Gasteiger partial charge < -0.3 is 4.42 Å². The Morgan fingerprint density at radius 1 is 1.00 bits per heavy atom. The maximum absolute atomic E-state index is 11.2. The van der Waals surface area contributed by atoms with Gasteiger partial charge in [-0.2, -0.15) is 0 Å². The van der Waals surface area contributed by atoms with E-state index in [0.717, 1.165) is 35.8 Å². The first-order valence-electron chi connectivity index (χ1n) is 10.5. The molecule has 1 heterocycles. The van der Waals surface area contributed by atoms with Crippen LogP contribution in [0.1, 0.15) is 56.9 Å². The van der Waals surface area contributed by atoms with Crippen molar-refractivity contribution >= 4 is 16.8 Å². The van der Waals surface area contributed by atoms with Crippen LogP contribution in [0.2, 0.25) is 0 Å². The van der Waals surface area contributed by atoms with Gasteiger partial charge in [-0.05, 0) is 67.2 Å². The first-order valence-corrected chi connectivity index (χ1v) is 10.5. The Balaban J connectivity index is 0.00000145. The van der Waals surface area contributed by atoms with Gasteiger partial charge in [-0.1, -0.05) is 63.3 Å². The molecule has 3 aromatic rings. The van der Waals surface area contributed by atoms with Gasteiger partial charge in [-0.25, -0.2) is 0 Å². The molecule has 0 radical (unpaired) electrons. The largest absolute Gasteiger partial charge is 0.464 e. The van der Waals surface area contributed by atoms with Crippen molar-refractivity contribution in [2.45, 2.75) is 53.9 Å². The summed E-state index contributed by atoms with van der Waals surface area (Å²) in [6.07, 6.45) is 10.0. The fourth-order valence-corrected chi connectivity index (χ4v) is 3.46. The predicted molar refractivity (Wildman–Crippen MR) is 123 cm³/mol. The van der Waals surface area contributed by atoms with Crippen LogP contribution in [0.4, 0.5) is 0 Å². The van der Waals surface area contributed by atoms with Crippen LogP contribution in [0.3, 0.4) is 0 Å². The van der Waals surface area contributed by atoms with Crippen molar-refractivity contribution in [3.8, 4) is 0 Å². The van der Waals surface area contributed by atoms with Crippen molar-refractivity contribution in [3.05, 3.63) is 94.8 Å². The van der Waals surface area contributed by atoms with Gasteiger partial charge in [0.2, 0.25) is 0 Å². The van der Waals surface area contributed by atoms with Crippen LogP contribution in [0.25, 0.3) is 11.0 Å². The average molecular weight is 389 g/mol. The number of benzene rings is 2. The van der Waals surface area contributed by atoms with Crippen LogP contribution in [0.15, 0.2) is 76.9 Å². The number of carbonyl (C=O) groups excluding carboxylic acids is 1. The number of hydrogen-bond acceptors (Lipinski definition) is 2. The molecule has 0 atom stereocenters. The van der Waals surface area contributed by atoms with Crippen molar-refractivity contribution < 1.29 is 9.21 Å². The first kappa shape index (κ1) is 22.4. The van der Waals surface area contributed by atoms with Gasteiger partial charge >= 0.3 is 0 Å². The van der Waals surface area contributed by atoms with Crippen LogP contribution in [0, 0.1) is 0 Å². The topological polar surface area (TPSA) is 30.2 Å². The molecule has 0 N–H and O–H groups in total. The summed E-state index contributed by atoms with van der Waals surface area (Å²) >= 11 is 0. The number of hydrogen-bond donors (Lipinski definition) is 0. The molecule has 152 valence electrons.